The van der Waals surface area contributed by atoms with Crippen molar-refractivity contribution in [3.63, 3.8) is 0 Å². The van der Waals surface area contributed by atoms with Gasteiger partial charge < -0.3 is 24.6 Å². The molecule has 1 spiro atoms. The fourth-order valence-corrected chi connectivity index (χ4v) is 4.71. The number of piperidine rings is 1. The summed E-state index contributed by atoms with van der Waals surface area (Å²) < 4.78 is 75.3. The van der Waals surface area contributed by atoms with Crippen molar-refractivity contribution in [1.82, 2.24) is 14.8 Å². The van der Waals surface area contributed by atoms with Crippen LogP contribution in [0.2, 0.25) is 0 Å². The molecule has 15 heteroatoms. The highest BCUT2D eigenvalue weighted by Crippen LogP contribution is 2.39. The monoisotopic (exact) mass is 573 g/mol. The first-order chi connectivity index (χ1) is 18.1. The van der Waals surface area contributed by atoms with Gasteiger partial charge in [0.15, 0.2) is 0 Å². The lowest BCUT2D eigenvalue weighted by molar-refractivity contribution is -0.193. The quantitative estimate of drug-likeness (QED) is 0.491. The van der Waals surface area contributed by atoms with Crippen LogP contribution in [0.25, 0.3) is 0 Å². The van der Waals surface area contributed by atoms with Crippen molar-refractivity contribution in [3.05, 3.63) is 23.9 Å². The molecule has 1 aromatic rings. The van der Waals surface area contributed by atoms with Crippen molar-refractivity contribution in [2.75, 3.05) is 40.4 Å². The number of halogens is 6. The molecule has 1 aromatic heterocycles. The van der Waals surface area contributed by atoms with Crippen molar-refractivity contribution in [1.29, 1.82) is 0 Å². The molecule has 0 amide bonds. The Labute approximate surface area is 221 Å². The van der Waals surface area contributed by atoms with Crippen LogP contribution >= 0.6 is 0 Å². The zero-order valence-electron chi connectivity index (χ0n) is 21.6. The molecule has 1 saturated carbocycles. The summed E-state index contributed by atoms with van der Waals surface area (Å²) in [5.74, 6) is -4.07. The molecule has 0 radical (unpaired) electrons. The summed E-state index contributed by atoms with van der Waals surface area (Å²) in [4.78, 5) is 27.2. The number of alkyl halides is 6. The van der Waals surface area contributed by atoms with E-state index in [9.17, 15) is 26.3 Å². The Morgan fingerprint density at radius 3 is 2.28 bits per heavy atom. The third-order valence-electron chi connectivity index (χ3n) is 6.54. The molecule has 9 nitrogen and oxygen atoms in total. The molecule has 39 heavy (non-hydrogen) atoms. The summed E-state index contributed by atoms with van der Waals surface area (Å²) in [6.07, 6.45) is -1.97. The smallest absolute Gasteiger partial charge is 0.481 e. The predicted octanol–water partition coefficient (Wildman–Crippen LogP) is 3.82. The van der Waals surface area contributed by atoms with Crippen LogP contribution in [0.15, 0.2) is 18.3 Å². The predicted molar refractivity (Wildman–Crippen MR) is 125 cm³/mol. The number of pyridine rings is 1. The van der Waals surface area contributed by atoms with Gasteiger partial charge in [0.05, 0.1) is 19.3 Å². The first kappa shape index (κ1) is 32.6. The third-order valence-corrected chi connectivity index (χ3v) is 6.54. The number of carboxylic acids is 2. The second-order valence-corrected chi connectivity index (χ2v) is 9.83. The van der Waals surface area contributed by atoms with Gasteiger partial charge in [0.2, 0.25) is 5.88 Å². The molecule has 0 aromatic carbocycles. The van der Waals surface area contributed by atoms with Crippen LogP contribution in [0.3, 0.4) is 0 Å². The van der Waals surface area contributed by atoms with Crippen molar-refractivity contribution >= 4 is 11.9 Å². The topological polar surface area (TPSA) is 112 Å². The molecule has 1 aliphatic carbocycles. The Bertz CT molecular complexity index is 935. The summed E-state index contributed by atoms with van der Waals surface area (Å²) in [6.45, 7) is 5.20. The first-order valence-corrected chi connectivity index (χ1v) is 12.2. The zero-order valence-corrected chi connectivity index (χ0v) is 21.6. The minimum atomic E-state index is -5.08. The van der Waals surface area contributed by atoms with Crippen molar-refractivity contribution in [2.24, 2.45) is 5.92 Å². The number of carboxylic acid groups (broad SMARTS) is 2. The number of rotatable bonds is 6. The minimum Gasteiger partial charge on any atom is -0.481 e. The van der Waals surface area contributed by atoms with Crippen LogP contribution in [0.5, 0.6) is 5.88 Å². The molecule has 3 fully saturated rings. The normalized spacial score (nSPS) is 23.5. The number of likely N-dealkylation sites (tertiary alicyclic amines) is 1. The van der Waals surface area contributed by atoms with Crippen LogP contribution in [-0.4, -0.2) is 101 Å². The van der Waals surface area contributed by atoms with Gasteiger partial charge in [-0.05, 0) is 57.7 Å². The molecule has 3 heterocycles. The zero-order chi connectivity index (χ0) is 29.4. The molecule has 4 rings (SSSR count). The van der Waals surface area contributed by atoms with Gasteiger partial charge in [-0.15, -0.1) is 0 Å². The van der Waals surface area contributed by atoms with Gasteiger partial charge in [-0.1, -0.05) is 6.07 Å². The van der Waals surface area contributed by atoms with E-state index in [2.05, 4.69) is 27.9 Å². The second kappa shape index (κ2) is 13.6. The van der Waals surface area contributed by atoms with Crippen LogP contribution < -0.4 is 4.74 Å². The SMILES string of the molecule is COc1ncccc1CN1CCCC2(CC(CN(C)C3CC3)CO2)C1.O=C(O)C(F)(F)F.O=C(O)C(F)(F)F. The molecule has 0 bridgehead atoms. The van der Waals surface area contributed by atoms with Crippen LogP contribution in [0.4, 0.5) is 26.3 Å². The Morgan fingerprint density at radius 2 is 1.77 bits per heavy atom. The highest BCUT2D eigenvalue weighted by Gasteiger charge is 2.44. The number of hydrogen-bond acceptors (Lipinski definition) is 7. The summed E-state index contributed by atoms with van der Waals surface area (Å²) in [7, 11) is 3.98. The summed E-state index contributed by atoms with van der Waals surface area (Å²) in [5, 5.41) is 14.2. The molecular weight excluding hydrogens is 540 g/mol. The molecule has 2 saturated heterocycles. The third kappa shape index (κ3) is 10.8. The van der Waals surface area contributed by atoms with E-state index < -0.39 is 24.3 Å². The molecule has 222 valence electrons. The second-order valence-electron chi connectivity index (χ2n) is 9.83. The van der Waals surface area contributed by atoms with E-state index >= 15 is 0 Å². The number of methoxy groups -OCH3 is 1. The maximum atomic E-state index is 10.6. The van der Waals surface area contributed by atoms with Crippen molar-refractivity contribution in [3.8, 4) is 5.88 Å². The fourth-order valence-electron chi connectivity index (χ4n) is 4.71. The Balaban J connectivity index is 0.000000317. The number of ether oxygens (including phenoxy) is 2. The Hall–Kier alpha value is -2.65. The summed E-state index contributed by atoms with van der Waals surface area (Å²) in [6, 6.07) is 4.96. The summed E-state index contributed by atoms with van der Waals surface area (Å²) >= 11 is 0. The highest BCUT2D eigenvalue weighted by atomic mass is 19.4. The van der Waals surface area contributed by atoms with Gasteiger partial charge in [-0.3, -0.25) is 4.90 Å². The number of hydrogen-bond donors (Lipinski definition) is 2. The van der Waals surface area contributed by atoms with E-state index in [1.807, 2.05) is 6.07 Å². The number of aliphatic carboxylic acids is 2. The molecule has 2 aliphatic heterocycles. The highest BCUT2D eigenvalue weighted by molar-refractivity contribution is 5.73. The van der Waals surface area contributed by atoms with E-state index in [0.29, 0.717) is 5.92 Å². The van der Waals surface area contributed by atoms with E-state index in [0.717, 1.165) is 38.2 Å². The van der Waals surface area contributed by atoms with Crippen molar-refractivity contribution in [2.45, 2.75) is 62.6 Å². The number of carbonyl (C=O) groups is 2. The average molecular weight is 574 g/mol. The maximum Gasteiger partial charge on any atom is 0.490 e. The number of aromatic nitrogens is 1. The lowest BCUT2D eigenvalue weighted by Gasteiger charge is -2.40. The number of nitrogens with zero attached hydrogens (tertiary/aromatic N) is 3. The fraction of sp³-hybridized carbons (Fsp3) is 0.708. The van der Waals surface area contributed by atoms with Gasteiger partial charge in [0, 0.05) is 37.4 Å². The van der Waals surface area contributed by atoms with Gasteiger partial charge in [-0.25, -0.2) is 14.6 Å². The van der Waals surface area contributed by atoms with Gasteiger partial charge in [0.1, 0.15) is 0 Å². The maximum absolute atomic E-state index is 10.6. The largest absolute Gasteiger partial charge is 0.490 e. The molecule has 2 unspecified atom stereocenters. The van der Waals surface area contributed by atoms with E-state index in [-0.39, 0.29) is 5.60 Å². The average Bonchev–Trinajstić information content (AvgIpc) is 3.63. The molecule has 2 N–H and O–H groups in total. The van der Waals surface area contributed by atoms with Gasteiger partial charge >= 0.3 is 24.3 Å². The lowest BCUT2D eigenvalue weighted by atomic mass is 9.86. The lowest BCUT2D eigenvalue weighted by Crippen LogP contribution is -2.47. The van der Waals surface area contributed by atoms with Gasteiger partial charge in [-0.2, -0.15) is 26.3 Å². The standard InChI is InChI=1S/C20H31N3O2.2C2HF3O2/c1-22(18-6-7-18)12-16-11-20(25-14-16)8-4-10-23(15-20)13-17-5-3-9-21-19(17)24-2;2*3-2(4,5)1(6)7/h3,5,9,16,18H,4,6-8,10-15H2,1-2H3;2*(H,6,7). The van der Waals surface area contributed by atoms with Crippen LogP contribution in [0, 0.1) is 5.92 Å². The van der Waals surface area contributed by atoms with Gasteiger partial charge in [0.25, 0.3) is 0 Å². The molecular formula is C24H33F6N3O6. The molecule has 2 atom stereocenters. The van der Waals surface area contributed by atoms with Crippen LogP contribution in [-0.2, 0) is 20.9 Å². The van der Waals surface area contributed by atoms with Crippen LogP contribution in [0.1, 0.15) is 37.7 Å². The Kier molecular flexibility index (Phi) is 11.4. The van der Waals surface area contributed by atoms with Crippen molar-refractivity contribution < 1.29 is 55.6 Å². The summed E-state index contributed by atoms with van der Waals surface area (Å²) in [5.41, 5.74) is 1.24. The minimum absolute atomic E-state index is 0.0722. The van der Waals surface area contributed by atoms with E-state index in [1.165, 1.54) is 44.2 Å². The Morgan fingerprint density at radius 1 is 1.18 bits per heavy atom. The first-order valence-electron chi connectivity index (χ1n) is 12.2. The van der Waals surface area contributed by atoms with E-state index in [4.69, 9.17) is 29.3 Å². The molecule has 3 aliphatic rings. The van der Waals surface area contributed by atoms with E-state index in [1.54, 1.807) is 13.3 Å².